The molecule has 5 atom stereocenters. The predicted molar refractivity (Wildman–Crippen MR) is 167 cm³/mol. The number of hydrogen-bond acceptors (Lipinski definition) is 13. The Labute approximate surface area is 301 Å². The van der Waals surface area contributed by atoms with Crippen molar-refractivity contribution in [3.05, 3.63) is 15.3 Å². The van der Waals surface area contributed by atoms with Gasteiger partial charge in [-0.2, -0.15) is 0 Å². The van der Waals surface area contributed by atoms with Gasteiger partial charge in [-0.3, -0.25) is 19.2 Å². The standard InChI is InChI=1S/C14H20O9S.2C6H15P.2Au.NO3/c1-6(15)19-5-10-11(20-7(2)16)12(21-8(3)17)13(14(24)23-10)22-9(4)18;2*1-4-7(5-2)6-3;;;2-1(3)4/h10-14,24H,5H2,1-4H3;2*4-6H2,1-3H3;;;/q;;;2*+1;-1/p-1. The molecule has 0 aromatic rings. The summed E-state index contributed by atoms with van der Waals surface area (Å²) in [5.74, 6) is -2.62. The van der Waals surface area contributed by atoms with Gasteiger partial charge < -0.3 is 51.6 Å². The van der Waals surface area contributed by atoms with Gasteiger partial charge in [-0.1, -0.05) is 41.5 Å². The molecule has 0 aliphatic carbocycles. The molecule has 1 saturated heterocycles. The van der Waals surface area contributed by atoms with Gasteiger partial charge in [0.15, 0.2) is 12.2 Å². The first-order chi connectivity index (χ1) is 19.5. The average molecular weight is 1060 g/mol. The zero-order chi connectivity index (χ0) is 33.4. The molecule has 1 aliphatic rings. The maximum Gasteiger partial charge on any atom is 1.00 e. The van der Waals surface area contributed by atoms with Crippen LogP contribution in [0.5, 0.6) is 0 Å². The number of rotatable bonds is 11. The van der Waals surface area contributed by atoms with Crippen LogP contribution in [0.4, 0.5) is 0 Å². The van der Waals surface area contributed by atoms with Crippen molar-refractivity contribution in [1.29, 1.82) is 0 Å². The van der Waals surface area contributed by atoms with Crippen LogP contribution in [0.3, 0.4) is 0 Å². The molecule has 1 aliphatic heterocycles. The van der Waals surface area contributed by atoms with E-state index in [0.29, 0.717) is 15.8 Å². The summed E-state index contributed by atoms with van der Waals surface area (Å²) in [5, 5.41) is 14.8. The number of carbonyl (C=O) groups excluding carboxylic acids is 4. The van der Waals surface area contributed by atoms with Crippen LogP contribution in [-0.4, -0.2) is 102 Å². The van der Waals surface area contributed by atoms with Crippen molar-refractivity contribution in [3.63, 3.8) is 0 Å². The zero-order valence-corrected chi connectivity index (χ0v) is 34.0. The molecule has 0 bridgehead atoms. The smallest absolute Gasteiger partial charge is 0.757 e. The van der Waals surface area contributed by atoms with Gasteiger partial charge in [0.2, 0.25) is 0 Å². The number of ether oxygens (including phenoxy) is 5. The van der Waals surface area contributed by atoms with E-state index in [-0.39, 0.29) is 51.4 Å². The second kappa shape index (κ2) is 32.7. The number of carbonyl (C=O) groups is 4. The average Bonchev–Trinajstić information content (AvgIpc) is 2.88. The maximum atomic E-state index is 11.4. The summed E-state index contributed by atoms with van der Waals surface area (Å²) in [7, 11) is 0.892. The van der Waals surface area contributed by atoms with Crippen molar-refractivity contribution >= 4 is 52.3 Å². The monoisotopic (exact) mass is 1060 g/mol. The van der Waals surface area contributed by atoms with Crippen LogP contribution in [0, 0.1) is 15.3 Å². The zero-order valence-electron chi connectivity index (χ0n) is 27.1. The van der Waals surface area contributed by atoms with Crippen molar-refractivity contribution in [3.8, 4) is 0 Å². The number of hydrogen-bond donors (Lipinski definition) is 0. The molecule has 0 spiro atoms. The Bertz CT molecular complexity index is 769. The fourth-order valence-corrected chi connectivity index (χ4v) is 6.57. The van der Waals surface area contributed by atoms with E-state index in [1.54, 1.807) is 0 Å². The first-order valence-corrected chi connectivity index (χ1v) is 18.0. The second-order valence-corrected chi connectivity index (χ2v) is 15.5. The Balaban J connectivity index is -0.000000208. The van der Waals surface area contributed by atoms with Crippen LogP contribution >= 0.6 is 15.8 Å². The van der Waals surface area contributed by atoms with E-state index >= 15 is 0 Å². The summed E-state index contributed by atoms with van der Waals surface area (Å²) in [6, 6.07) is 0. The molecule has 0 aromatic heterocycles. The van der Waals surface area contributed by atoms with Gasteiger partial charge in [-0.05, 0) is 42.4 Å². The topological polar surface area (TPSA) is 181 Å². The van der Waals surface area contributed by atoms with Gasteiger partial charge >= 0.3 is 68.6 Å². The molecule has 1 heterocycles. The summed E-state index contributed by atoms with van der Waals surface area (Å²) < 4.78 is 25.7. The number of esters is 4. The molecule has 0 saturated carbocycles. The van der Waals surface area contributed by atoms with E-state index in [2.05, 4.69) is 41.5 Å². The van der Waals surface area contributed by atoms with Gasteiger partial charge in [-0.25, -0.2) is 0 Å². The normalized spacial score (nSPS) is 19.8. The largest absolute Gasteiger partial charge is 1.00 e. The van der Waals surface area contributed by atoms with Crippen molar-refractivity contribution in [1.82, 2.24) is 0 Å². The molecular formula is C26H49Au2NO12P2S. The van der Waals surface area contributed by atoms with Crippen molar-refractivity contribution < 1.29 is 92.7 Å². The molecule has 0 radical (unpaired) electrons. The number of nitrogens with zero attached hydrogens (tertiary/aromatic N) is 1. The van der Waals surface area contributed by atoms with Gasteiger partial charge in [0, 0.05) is 27.7 Å². The van der Waals surface area contributed by atoms with Crippen molar-refractivity contribution in [2.24, 2.45) is 0 Å². The molecule has 0 N–H and O–H groups in total. The molecule has 268 valence electrons. The molecule has 1 fully saturated rings. The quantitative estimate of drug-likeness (QED) is 0.0540. The molecule has 1 rings (SSSR count). The molecule has 44 heavy (non-hydrogen) atoms. The summed E-state index contributed by atoms with van der Waals surface area (Å²) >= 11 is 5.11. The van der Waals surface area contributed by atoms with Crippen LogP contribution in [0.25, 0.3) is 0 Å². The third-order valence-electron chi connectivity index (χ3n) is 5.63. The Morgan fingerprint density at radius 1 is 0.659 bits per heavy atom. The van der Waals surface area contributed by atoms with Gasteiger partial charge in [0.25, 0.3) is 0 Å². The van der Waals surface area contributed by atoms with Crippen LogP contribution < -0.4 is 0 Å². The predicted octanol–water partition coefficient (Wildman–Crippen LogP) is 4.43. The van der Waals surface area contributed by atoms with E-state index < -0.39 is 58.8 Å². The van der Waals surface area contributed by atoms with E-state index in [0.717, 1.165) is 20.8 Å². The Kier molecular flexibility index (Phi) is 39.5. The third-order valence-corrected chi connectivity index (χ3v) is 11.4. The van der Waals surface area contributed by atoms with Crippen molar-refractivity contribution in [2.45, 2.75) is 99.1 Å². The van der Waals surface area contributed by atoms with E-state index in [9.17, 15) is 19.2 Å². The Hall–Kier alpha value is -0.269. The van der Waals surface area contributed by atoms with Gasteiger partial charge in [0.1, 0.15) is 18.8 Å². The fourth-order valence-electron chi connectivity index (χ4n) is 3.53. The van der Waals surface area contributed by atoms with E-state index in [1.165, 1.54) is 43.9 Å². The molecule has 5 unspecified atom stereocenters. The fraction of sp³-hybridized carbons (Fsp3) is 0.846. The molecule has 0 amide bonds. The van der Waals surface area contributed by atoms with Gasteiger partial charge in [0.05, 0.1) is 5.09 Å². The van der Waals surface area contributed by atoms with Crippen LogP contribution in [0.1, 0.15) is 69.2 Å². The third kappa shape index (κ3) is 29.2. The SMILES string of the molecule is CC(=O)OCC1OC([S-])C(OC(C)=O)C(OC(C)=O)C1OC(C)=O.CCP(CC)CC.CCP(CC)CC.O=[N+]([O-])[O-].[Au+].[Au+]. The van der Waals surface area contributed by atoms with Crippen LogP contribution in [0.15, 0.2) is 0 Å². The minimum Gasteiger partial charge on any atom is -0.757 e. The van der Waals surface area contributed by atoms with Crippen molar-refractivity contribution in [2.75, 3.05) is 43.6 Å². The minimum atomic E-state index is -1.75. The molecule has 0 aromatic carbocycles. The van der Waals surface area contributed by atoms with Crippen LogP contribution in [0.2, 0.25) is 0 Å². The molecular weight excluding hydrogens is 1010 g/mol. The maximum absolute atomic E-state index is 11.4. The first kappa shape index (κ1) is 53.2. The van der Waals surface area contributed by atoms with Crippen LogP contribution in [-0.2, 0) is 100 Å². The Morgan fingerprint density at radius 2 is 0.955 bits per heavy atom. The van der Waals surface area contributed by atoms with E-state index in [4.69, 9.17) is 51.6 Å². The summed E-state index contributed by atoms with van der Waals surface area (Å²) in [5.41, 5.74) is -1.09. The van der Waals surface area contributed by atoms with Gasteiger partial charge in [-0.15, -0.1) is 15.8 Å². The second-order valence-electron chi connectivity index (χ2n) is 8.53. The summed E-state index contributed by atoms with van der Waals surface area (Å²) in [6.45, 7) is 18.1. The molecule has 18 heteroatoms. The summed E-state index contributed by atoms with van der Waals surface area (Å²) in [6.07, 6.45) is 4.04. The summed E-state index contributed by atoms with van der Waals surface area (Å²) in [4.78, 5) is 53.3. The Morgan fingerprint density at radius 3 is 1.20 bits per heavy atom. The van der Waals surface area contributed by atoms with E-state index in [1.807, 2.05) is 0 Å². The molecule has 13 nitrogen and oxygen atoms in total. The first-order valence-electron chi connectivity index (χ1n) is 13.8. The minimum absolute atomic E-state index is 0.